The monoisotopic (exact) mass is 432 g/mol. The van der Waals surface area contributed by atoms with Crippen LogP contribution in [0.15, 0.2) is 34.8 Å². The number of carbonyl (C=O) groups is 1. The van der Waals surface area contributed by atoms with Crippen LogP contribution in [-0.2, 0) is 4.79 Å². The second kappa shape index (κ2) is 7.76. The molecule has 0 radical (unpaired) electrons. The summed E-state index contributed by atoms with van der Waals surface area (Å²) in [4.78, 5) is 16.8. The molecule has 136 valence electrons. The van der Waals surface area contributed by atoms with E-state index in [0.29, 0.717) is 16.8 Å². The fourth-order valence-electron chi connectivity index (χ4n) is 2.57. The van der Waals surface area contributed by atoms with Crippen LogP contribution in [0.4, 0.5) is 5.13 Å². The molecule has 0 fully saturated rings. The summed E-state index contributed by atoms with van der Waals surface area (Å²) in [5, 5.41) is 3.42. The zero-order chi connectivity index (χ0) is 18.8. The van der Waals surface area contributed by atoms with E-state index in [0.717, 1.165) is 20.3 Å². The standard InChI is InChI=1S/C20H21BrN2O2S/c1-11(2)14-6-7-16(15(21)9-14)25-10-18(24)22-20-23-19-13(4)12(3)5-8-17(19)26-20/h5-9,11H,10H2,1-4H3,(H,22,23,24). The Morgan fingerprint density at radius 2 is 2.04 bits per heavy atom. The number of nitrogens with zero attached hydrogens (tertiary/aromatic N) is 1. The van der Waals surface area contributed by atoms with Crippen molar-refractivity contribution in [3.05, 3.63) is 51.5 Å². The Morgan fingerprint density at radius 3 is 2.73 bits per heavy atom. The Bertz CT molecular complexity index is 966. The van der Waals surface area contributed by atoms with Gasteiger partial charge in [0.05, 0.1) is 14.7 Å². The summed E-state index contributed by atoms with van der Waals surface area (Å²) in [7, 11) is 0. The molecule has 0 unspecified atom stereocenters. The first-order valence-corrected chi connectivity index (χ1v) is 10.0. The lowest BCUT2D eigenvalue weighted by Gasteiger charge is -2.11. The van der Waals surface area contributed by atoms with Crippen LogP contribution in [0.2, 0.25) is 0 Å². The Morgan fingerprint density at radius 1 is 1.27 bits per heavy atom. The normalized spacial score (nSPS) is 11.2. The van der Waals surface area contributed by atoms with Gasteiger partial charge in [0.1, 0.15) is 5.75 Å². The molecule has 4 nitrogen and oxygen atoms in total. The molecule has 0 saturated heterocycles. The average Bonchev–Trinajstić information content (AvgIpc) is 3.00. The highest BCUT2D eigenvalue weighted by Crippen LogP contribution is 2.30. The summed E-state index contributed by atoms with van der Waals surface area (Å²) < 4.78 is 7.56. The molecule has 0 aliphatic carbocycles. The van der Waals surface area contributed by atoms with E-state index in [1.165, 1.54) is 22.5 Å². The van der Waals surface area contributed by atoms with Crippen LogP contribution in [-0.4, -0.2) is 17.5 Å². The molecule has 26 heavy (non-hydrogen) atoms. The summed E-state index contributed by atoms with van der Waals surface area (Å²) in [6, 6.07) is 10.0. The second-order valence-corrected chi connectivity index (χ2v) is 8.44. The number of benzene rings is 2. The van der Waals surface area contributed by atoms with Gasteiger partial charge in [-0.25, -0.2) is 4.98 Å². The van der Waals surface area contributed by atoms with Crippen LogP contribution >= 0.6 is 27.3 Å². The number of hydrogen-bond acceptors (Lipinski definition) is 4. The van der Waals surface area contributed by atoms with E-state index in [2.05, 4.69) is 53.1 Å². The number of aromatic nitrogens is 1. The summed E-state index contributed by atoms with van der Waals surface area (Å²) in [5.41, 5.74) is 4.50. The Kier molecular flexibility index (Phi) is 5.63. The van der Waals surface area contributed by atoms with E-state index in [-0.39, 0.29) is 12.5 Å². The largest absolute Gasteiger partial charge is 0.483 e. The highest BCUT2D eigenvalue weighted by atomic mass is 79.9. The highest BCUT2D eigenvalue weighted by Gasteiger charge is 2.12. The first-order chi connectivity index (χ1) is 12.3. The fourth-order valence-corrected chi connectivity index (χ4v) is 4.02. The molecule has 1 aromatic heterocycles. The number of thiazole rings is 1. The number of halogens is 1. The number of aryl methyl sites for hydroxylation is 2. The lowest BCUT2D eigenvalue weighted by atomic mass is 10.0. The molecule has 0 saturated carbocycles. The van der Waals surface area contributed by atoms with E-state index in [1.54, 1.807) is 0 Å². The highest BCUT2D eigenvalue weighted by molar-refractivity contribution is 9.10. The van der Waals surface area contributed by atoms with Crippen LogP contribution in [0.1, 0.15) is 36.5 Å². The van der Waals surface area contributed by atoms with Crippen molar-refractivity contribution in [3.8, 4) is 5.75 Å². The van der Waals surface area contributed by atoms with E-state index < -0.39 is 0 Å². The minimum absolute atomic E-state index is 0.0619. The van der Waals surface area contributed by atoms with Gasteiger partial charge in [-0.15, -0.1) is 0 Å². The zero-order valence-electron chi connectivity index (χ0n) is 15.2. The Labute approximate surface area is 165 Å². The lowest BCUT2D eigenvalue weighted by molar-refractivity contribution is -0.118. The van der Waals surface area contributed by atoms with Gasteiger partial charge in [0, 0.05) is 0 Å². The van der Waals surface area contributed by atoms with Gasteiger partial charge in [0.2, 0.25) is 0 Å². The topological polar surface area (TPSA) is 51.2 Å². The third-order valence-electron chi connectivity index (χ3n) is 4.31. The summed E-state index contributed by atoms with van der Waals surface area (Å²) in [5.74, 6) is 0.869. The van der Waals surface area contributed by atoms with Gasteiger partial charge in [-0.1, -0.05) is 37.3 Å². The molecule has 0 aliphatic heterocycles. The molecule has 6 heteroatoms. The molecule has 1 amide bonds. The van der Waals surface area contributed by atoms with Crippen molar-refractivity contribution in [1.82, 2.24) is 4.98 Å². The molecule has 0 aliphatic rings. The van der Waals surface area contributed by atoms with Crippen LogP contribution in [0.25, 0.3) is 10.2 Å². The van der Waals surface area contributed by atoms with Gasteiger partial charge in [-0.2, -0.15) is 0 Å². The van der Waals surface area contributed by atoms with Gasteiger partial charge in [-0.3, -0.25) is 10.1 Å². The number of hydrogen-bond donors (Lipinski definition) is 1. The van der Waals surface area contributed by atoms with Crippen molar-refractivity contribution in [1.29, 1.82) is 0 Å². The van der Waals surface area contributed by atoms with E-state index in [9.17, 15) is 4.79 Å². The van der Waals surface area contributed by atoms with Gasteiger partial charge < -0.3 is 4.74 Å². The molecule has 1 N–H and O–H groups in total. The molecular formula is C20H21BrN2O2S. The molecule has 0 spiro atoms. The number of rotatable bonds is 5. The SMILES string of the molecule is Cc1ccc2sc(NC(=O)COc3ccc(C(C)C)cc3Br)nc2c1C. The fraction of sp³-hybridized carbons (Fsp3) is 0.300. The zero-order valence-corrected chi connectivity index (χ0v) is 17.6. The van der Waals surface area contributed by atoms with Gasteiger partial charge in [0.25, 0.3) is 5.91 Å². The van der Waals surface area contributed by atoms with Crippen LogP contribution in [0.5, 0.6) is 5.75 Å². The number of fused-ring (bicyclic) bond motifs is 1. The Balaban J connectivity index is 1.65. The number of amides is 1. The predicted octanol–water partition coefficient (Wildman–Crippen LogP) is 5.82. The van der Waals surface area contributed by atoms with Crippen molar-refractivity contribution in [2.75, 3.05) is 11.9 Å². The first kappa shape index (κ1) is 18.9. The molecule has 3 rings (SSSR count). The van der Waals surface area contributed by atoms with Gasteiger partial charge in [0.15, 0.2) is 11.7 Å². The third-order valence-corrected chi connectivity index (χ3v) is 5.87. The summed E-state index contributed by atoms with van der Waals surface area (Å²) >= 11 is 4.97. The maximum Gasteiger partial charge on any atom is 0.264 e. The number of nitrogens with one attached hydrogen (secondary N) is 1. The number of anilines is 1. The van der Waals surface area contributed by atoms with Gasteiger partial charge >= 0.3 is 0 Å². The van der Waals surface area contributed by atoms with Crippen LogP contribution in [0, 0.1) is 13.8 Å². The smallest absolute Gasteiger partial charge is 0.264 e. The van der Waals surface area contributed by atoms with Crippen molar-refractivity contribution in [2.45, 2.75) is 33.6 Å². The lowest BCUT2D eigenvalue weighted by Crippen LogP contribution is -2.20. The molecular weight excluding hydrogens is 412 g/mol. The molecule has 0 atom stereocenters. The molecule has 1 heterocycles. The van der Waals surface area contributed by atoms with E-state index in [1.807, 2.05) is 31.2 Å². The Hall–Kier alpha value is -1.92. The maximum atomic E-state index is 12.2. The first-order valence-electron chi connectivity index (χ1n) is 8.44. The number of carbonyl (C=O) groups excluding carboxylic acids is 1. The molecule has 0 bridgehead atoms. The molecule has 3 aromatic rings. The minimum Gasteiger partial charge on any atom is -0.483 e. The van der Waals surface area contributed by atoms with E-state index in [4.69, 9.17) is 4.74 Å². The van der Waals surface area contributed by atoms with E-state index >= 15 is 0 Å². The quantitative estimate of drug-likeness (QED) is 0.552. The third kappa shape index (κ3) is 4.07. The van der Waals surface area contributed by atoms with Crippen molar-refractivity contribution in [2.24, 2.45) is 0 Å². The van der Waals surface area contributed by atoms with Crippen LogP contribution in [0.3, 0.4) is 0 Å². The van der Waals surface area contributed by atoms with Crippen molar-refractivity contribution in [3.63, 3.8) is 0 Å². The second-order valence-electron chi connectivity index (χ2n) is 6.55. The number of ether oxygens (including phenoxy) is 1. The average molecular weight is 433 g/mol. The summed E-state index contributed by atoms with van der Waals surface area (Å²) in [6.45, 7) is 8.31. The van der Waals surface area contributed by atoms with Crippen molar-refractivity contribution >= 4 is 48.5 Å². The summed E-state index contributed by atoms with van der Waals surface area (Å²) in [6.07, 6.45) is 0. The van der Waals surface area contributed by atoms with Gasteiger partial charge in [-0.05, 0) is 70.6 Å². The molecule has 2 aromatic carbocycles. The van der Waals surface area contributed by atoms with Crippen LogP contribution < -0.4 is 10.1 Å². The van der Waals surface area contributed by atoms with Crippen molar-refractivity contribution < 1.29 is 9.53 Å². The maximum absolute atomic E-state index is 12.2. The predicted molar refractivity (Wildman–Crippen MR) is 111 cm³/mol. The minimum atomic E-state index is -0.224.